The van der Waals surface area contributed by atoms with E-state index in [0.29, 0.717) is 15.9 Å². The second-order valence-electron chi connectivity index (χ2n) is 6.97. The molecule has 2 aromatic heterocycles. The number of anilines is 1. The van der Waals surface area contributed by atoms with Gasteiger partial charge in [0.25, 0.3) is 5.56 Å². The van der Waals surface area contributed by atoms with Gasteiger partial charge in [-0.05, 0) is 36.8 Å². The summed E-state index contributed by atoms with van der Waals surface area (Å²) in [6.45, 7) is 2.29. The summed E-state index contributed by atoms with van der Waals surface area (Å²) in [6, 6.07) is 15.2. The van der Waals surface area contributed by atoms with E-state index in [4.69, 9.17) is 4.74 Å². The fourth-order valence-electron chi connectivity index (χ4n) is 3.19. The Morgan fingerprint density at radius 1 is 1.13 bits per heavy atom. The molecule has 0 saturated carbocycles. The van der Waals surface area contributed by atoms with E-state index in [9.17, 15) is 9.59 Å². The maximum Gasteiger partial charge on any atom is 0.262 e. The van der Waals surface area contributed by atoms with Crippen molar-refractivity contribution >= 4 is 33.1 Å². The van der Waals surface area contributed by atoms with E-state index in [2.05, 4.69) is 10.3 Å². The number of aromatic nitrogens is 2. The standard InChI is InChI=1S/C23H21N3O3S/c1-15-3-5-16(6-4-15)19-13-30-22-21(19)23(28)26(14-24-22)12-11-20(27)25-17-7-9-18(29-2)10-8-17/h3-10,13-14H,11-12H2,1-2H3,(H,25,27). The molecule has 4 rings (SSSR count). The van der Waals surface area contributed by atoms with Crippen molar-refractivity contribution < 1.29 is 9.53 Å². The number of carbonyl (C=O) groups is 1. The Labute approximate surface area is 177 Å². The Morgan fingerprint density at radius 3 is 2.57 bits per heavy atom. The highest BCUT2D eigenvalue weighted by atomic mass is 32.1. The van der Waals surface area contributed by atoms with Crippen molar-refractivity contribution in [2.45, 2.75) is 19.9 Å². The van der Waals surface area contributed by atoms with Crippen molar-refractivity contribution in [3.05, 3.63) is 76.2 Å². The summed E-state index contributed by atoms with van der Waals surface area (Å²) in [5.74, 6) is 0.551. The molecular formula is C23H21N3O3S. The van der Waals surface area contributed by atoms with E-state index < -0.39 is 0 Å². The molecule has 0 radical (unpaired) electrons. The van der Waals surface area contributed by atoms with Crippen molar-refractivity contribution in [2.75, 3.05) is 12.4 Å². The predicted molar refractivity (Wildman–Crippen MR) is 120 cm³/mol. The number of ether oxygens (including phenoxy) is 1. The van der Waals surface area contributed by atoms with Gasteiger partial charge in [-0.1, -0.05) is 29.8 Å². The van der Waals surface area contributed by atoms with Crippen molar-refractivity contribution in [3.63, 3.8) is 0 Å². The van der Waals surface area contributed by atoms with Gasteiger partial charge in [-0.25, -0.2) is 4.98 Å². The van der Waals surface area contributed by atoms with Gasteiger partial charge in [-0.2, -0.15) is 0 Å². The van der Waals surface area contributed by atoms with Gasteiger partial charge in [-0.15, -0.1) is 11.3 Å². The molecule has 0 unspecified atom stereocenters. The molecule has 7 heteroatoms. The fourth-order valence-corrected chi connectivity index (χ4v) is 4.10. The molecule has 0 bridgehead atoms. The van der Waals surface area contributed by atoms with Gasteiger partial charge in [0.1, 0.15) is 10.6 Å². The number of methoxy groups -OCH3 is 1. The predicted octanol–water partition coefficient (Wildman–Crippen LogP) is 4.47. The number of benzene rings is 2. The zero-order valence-corrected chi connectivity index (χ0v) is 17.5. The number of nitrogens with zero attached hydrogens (tertiary/aromatic N) is 2. The number of fused-ring (bicyclic) bond motifs is 1. The number of rotatable bonds is 6. The first kappa shape index (κ1) is 19.8. The van der Waals surface area contributed by atoms with E-state index >= 15 is 0 Å². The van der Waals surface area contributed by atoms with Crippen LogP contribution in [0.1, 0.15) is 12.0 Å². The molecule has 0 fully saturated rings. The van der Waals surface area contributed by atoms with Gasteiger partial charge in [0, 0.05) is 29.6 Å². The topological polar surface area (TPSA) is 73.2 Å². The molecule has 0 aliphatic heterocycles. The van der Waals surface area contributed by atoms with E-state index in [1.165, 1.54) is 22.2 Å². The maximum atomic E-state index is 13.1. The minimum atomic E-state index is -0.170. The molecule has 2 aromatic carbocycles. The summed E-state index contributed by atoms with van der Waals surface area (Å²) < 4.78 is 6.61. The third-order valence-corrected chi connectivity index (χ3v) is 5.76. The average Bonchev–Trinajstić information content (AvgIpc) is 3.19. The van der Waals surface area contributed by atoms with Crippen LogP contribution in [0.3, 0.4) is 0 Å². The van der Waals surface area contributed by atoms with E-state index in [0.717, 1.165) is 22.4 Å². The molecule has 6 nitrogen and oxygen atoms in total. The molecule has 30 heavy (non-hydrogen) atoms. The fraction of sp³-hybridized carbons (Fsp3) is 0.174. The molecule has 152 valence electrons. The monoisotopic (exact) mass is 419 g/mol. The van der Waals surface area contributed by atoms with Gasteiger partial charge in [0.15, 0.2) is 0 Å². The van der Waals surface area contributed by atoms with Gasteiger partial charge in [0.05, 0.1) is 18.8 Å². The van der Waals surface area contributed by atoms with Crippen molar-refractivity contribution in [1.82, 2.24) is 9.55 Å². The summed E-state index contributed by atoms with van der Waals surface area (Å²) in [5, 5.41) is 5.39. The second kappa shape index (κ2) is 8.51. The van der Waals surface area contributed by atoms with Crippen molar-refractivity contribution in [1.29, 1.82) is 0 Å². The van der Waals surface area contributed by atoms with Crippen LogP contribution in [0.15, 0.2) is 65.0 Å². The number of nitrogens with one attached hydrogen (secondary N) is 1. The van der Waals surface area contributed by atoms with Gasteiger partial charge < -0.3 is 10.1 Å². The van der Waals surface area contributed by atoms with Crippen molar-refractivity contribution in [2.24, 2.45) is 0 Å². The SMILES string of the molecule is COc1ccc(NC(=O)CCn2cnc3scc(-c4ccc(C)cc4)c3c2=O)cc1. The molecule has 0 atom stereocenters. The Hall–Kier alpha value is -3.45. The first-order valence-electron chi connectivity index (χ1n) is 9.53. The van der Waals surface area contributed by atoms with Gasteiger partial charge >= 0.3 is 0 Å². The van der Waals surface area contributed by atoms with Crippen LogP contribution in [-0.4, -0.2) is 22.6 Å². The zero-order chi connectivity index (χ0) is 21.1. The van der Waals surface area contributed by atoms with Gasteiger partial charge in [0.2, 0.25) is 5.91 Å². The molecule has 1 N–H and O–H groups in total. The van der Waals surface area contributed by atoms with Crippen LogP contribution in [0.2, 0.25) is 0 Å². The summed E-state index contributed by atoms with van der Waals surface area (Å²) in [4.78, 5) is 30.5. The normalized spacial score (nSPS) is 10.9. The van der Waals surface area contributed by atoms with Crippen molar-refractivity contribution in [3.8, 4) is 16.9 Å². The second-order valence-corrected chi connectivity index (χ2v) is 7.82. The van der Waals surface area contributed by atoms with E-state index in [1.807, 2.05) is 36.6 Å². The Morgan fingerprint density at radius 2 is 1.87 bits per heavy atom. The Bertz CT molecular complexity index is 1240. The molecule has 4 aromatic rings. The molecule has 1 amide bonds. The lowest BCUT2D eigenvalue weighted by molar-refractivity contribution is -0.116. The zero-order valence-electron chi connectivity index (χ0n) is 16.7. The third kappa shape index (κ3) is 4.11. The maximum absolute atomic E-state index is 13.1. The van der Waals surface area contributed by atoms with Crippen LogP contribution in [0.5, 0.6) is 5.75 Å². The van der Waals surface area contributed by atoms with Crippen LogP contribution in [0.25, 0.3) is 21.3 Å². The highest BCUT2D eigenvalue weighted by molar-refractivity contribution is 7.17. The van der Waals surface area contributed by atoms with E-state index in [1.54, 1.807) is 31.4 Å². The Balaban J connectivity index is 1.52. The minimum Gasteiger partial charge on any atom is -0.497 e. The number of carbonyl (C=O) groups excluding carboxylic acids is 1. The molecule has 0 aliphatic carbocycles. The summed E-state index contributed by atoms with van der Waals surface area (Å²) in [5.41, 5.74) is 3.58. The molecule has 0 spiro atoms. The minimum absolute atomic E-state index is 0.130. The lowest BCUT2D eigenvalue weighted by Crippen LogP contribution is -2.23. The number of thiophene rings is 1. The molecular weight excluding hydrogens is 398 g/mol. The summed E-state index contributed by atoms with van der Waals surface area (Å²) in [6.07, 6.45) is 1.68. The first-order valence-corrected chi connectivity index (χ1v) is 10.4. The quantitative estimate of drug-likeness (QED) is 0.500. The Kier molecular flexibility index (Phi) is 5.63. The molecule has 0 aliphatic rings. The largest absolute Gasteiger partial charge is 0.497 e. The average molecular weight is 420 g/mol. The summed E-state index contributed by atoms with van der Waals surface area (Å²) in [7, 11) is 1.59. The van der Waals surface area contributed by atoms with Gasteiger partial charge in [-0.3, -0.25) is 14.2 Å². The number of hydrogen-bond acceptors (Lipinski definition) is 5. The first-order chi connectivity index (χ1) is 14.5. The smallest absolute Gasteiger partial charge is 0.262 e. The highest BCUT2D eigenvalue weighted by Gasteiger charge is 2.14. The number of aryl methyl sites for hydroxylation is 2. The summed E-state index contributed by atoms with van der Waals surface area (Å²) >= 11 is 1.45. The number of amides is 1. The van der Waals surface area contributed by atoms with Crippen LogP contribution in [-0.2, 0) is 11.3 Å². The van der Waals surface area contributed by atoms with Crippen LogP contribution in [0, 0.1) is 6.92 Å². The van der Waals surface area contributed by atoms with Crippen LogP contribution in [0.4, 0.5) is 5.69 Å². The van der Waals surface area contributed by atoms with Crippen LogP contribution < -0.4 is 15.6 Å². The lowest BCUT2D eigenvalue weighted by Gasteiger charge is -2.08. The third-order valence-electron chi connectivity index (χ3n) is 4.88. The molecule has 2 heterocycles. The van der Waals surface area contributed by atoms with Crippen LogP contribution >= 0.6 is 11.3 Å². The molecule has 0 saturated heterocycles. The number of hydrogen-bond donors (Lipinski definition) is 1. The van der Waals surface area contributed by atoms with E-state index in [-0.39, 0.29) is 24.4 Å². The lowest BCUT2D eigenvalue weighted by atomic mass is 10.1. The highest BCUT2D eigenvalue weighted by Crippen LogP contribution is 2.30.